The highest BCUT2D eigenvalue weighted by Crippen LogP contribution is 2.28. The number of hydrogen-bond acceptors (Lipinski definition) is 3. The molecule has 0 spiro atoms. The van der Waals surface area contributed by atoms with Gasteiger partial charge < -0.3 is 5.32 Å². The number of nitrogens with zero attached hydrogens (tertiary/aromatic N) is 1. The van der Waals surface area contributed by atoms with Crippen LogP contribution in [0.5, 0.6) is 0 Å². The van der Waals surface area contributed by atoms with Crippen LogP contribution in [0, 0.1) is 0 Å². The molecule has 0 fully saturated rings. The molecule has 0 aliphatic rings. The molecule has 19 heavy (non-hydrogen) atoms. The summed E-state index contributed by atoms with van der Waals surface area (Å²) in [6.07, 6.45) is 0. The van der Waals surface area contributed by atoms with Crippen molar-refractivity contribution in [2.24, 2.45) is 0 Å². The second-order valence-electron chi connectivity index (χ2n) is 4.11. The molecule has 0 radical (unpaired) electrons. The summed E-state index contributed by atoms with van der Waals surface area (Å²) >= 11 is 11.0. The summed E-state index contributed by atoms with van der Waals surface area (Å²) < 4.78 is 2.25. The van der Waals surface area contributed by atoms with Gasteiger partial charge in [0.25, 0.3) is 0 Å². The van der Waals surface area contributed by atoms with Gasteiger partial charge in [-0.05, 0) is 35.9 Å². The summed E-state index contributed by atoms with van der Waals surface area (Å²) in [5.74, 6) is 0. The highest BCUT2D eigenvalue weighted by Gasteiger charge is 2.03. The molecule has 1 heterocycles. The second-order valence-corrected chi connectivity index (χ2v) is 6.49. The Bertz CT molecular complexity index is 709. The molecule has 3 aromatic rings. The van der Waals surface area contributed by atoms with Crippen molar-refractivity contribution in [2.75, 3.05) is 5.32 Å². The lowest BCUT2D eigenvalue weighted by Gasteiger charge is -2.02. The molecule has 3 rings (SSSR count). The smallest absolute Gasteiger partial charge is 0.184 e. The van der Waals surface area contributed by atoms with Crippen LogP contribution in [0.25, 0.3) is 10.2 Å². The molecule has 0 aliphatic heterocycles. The number of benzene rings is 2. The lowest BCUT2D eigenvalue weighted by atomic mass is 10.2. The van der Waals surface area contributed by atoms with Gasteiger partial charge in [0.05, 0.1) is 10.2 Å². The third-order valence-corrected chi connectivity index (χ3v) is 4.43. The van der Waals surface area contributed by atoms with Gasteiger partial charge in [-0.1, -0.05) is 51.0 Å². The maximum absolute atomic E-state index is 5.86. The van der Waals surface area contributed by atoms with E-state index in [0.717, 1.165) is 26.7 Å². The monoisotopic (exact) mass is 352 g/mol. The van der Waals surface area contributed by atoms with Gasteiger partial charge in [-0.3, -0.25) is 0 Å². The van der Waals surface area contributed by atoms with E-state index in [-0.39, 0.29) is 0 Å². The number of fused-ring (bicyclic) bond motifs is 1. The van der Waals surface area contributed by atoms with E-state index in [4.69, 9.17) is 11.6 Å². The van der Waals surface area contributed by atoms with E-state index in [1.165, 1.54) is 10.3 Å². The molecule has 5 heteroatoms. The predicted octanol–water partition coefficient (Wildman–Crippen LogP) is 5.32. The van der Waals surface area contributed by atoms with E-state index >= 15 is 0 Å². The molecule has 0 bridgehead atoms. The molecule has 0 saturated carbocycles. The van der Waals surface area contributed by atoms with Crippen molar-refractivity contribution in [3.05, 3.63) is 57.5 Å². The summed E-state index contributed by atoms with van der Waals surface area (Å²) in [7, 11) is 0. The fraction of sp³-hybridized carbons (Fsp3) is 0.0714. The van der Waals surface area contributed by atoms with Crippen molar-refractivity contribution in [3.8, 4) is 0 Å². The van der Waals surface area contributed by atoms with E-state index in [0.29, 0.717) is 0 Å². The summed E-state index contributed by atoms with van der Waals surface area (Å²) in [6.45, 7) is 0.748. The lowest BCUT2D eigenvalue weighted by Crippen LogP contribution is -1.98. The number of thiazole rings is 1. The summed E-state index contributed by atoms with van der Waals surface area (Å²) in [5, 5.41) is 5.03. The van der Waals surface area contributed by atoms with Crippen LogP contribution in [0.3, 0.4) is 0 Å². The van der Waals surface area contributed by atoms with Crippen LogP contribution in [-0.2, 0) is 6.54 Å². The van der Waals surface area contributed by atoms with Gasteiger partial charge in [-0.25, -0.2) is 4.98 Å². The van der Waals surface area contributed by atoms with Crippen LogP contribution in [0.4, 0.5) is 5.13 Å². The van der Waals surface area contributed by atoms with Crippen LogP contribution in [0.1, 0.15) is 5.56 Å². The first kappa shape index (κ1) is 12.9. The zero-order chi connectivity index (χ0) is 13.2. The van der Waals surface area contributed by atoms with Crippen molar-refractivity contribution in [1.29, 1.82) is 0 Å². The predicted molar refractivity (Wildman–Crippen MR) is 86.1 cm³/mol. The Labute approximate surface area is 128 Å². The first-order chi connectivity index (χ1) is 9.20. The molecule has 0 unspecified atom stereocenters. The Balaban J connectivity index is 1.76. The zero-order valence-electron chi connectivity index (χ0n) is 9.86. The first-order valence-electron chi connectivity index (χ1n) is 5.75. The maximum atomic E-state index is 5.86. The third kappa shape index (κ3) is 3.08. The number of halogens is 2. The Morgan fingerprint density at radius 2 is 1.95 bits per heavy atom. The first-order valence-corrected chi connectivity index (χ1v) is 7.74. The van der Waals surface area contributed by atoms with Crippen molar-refractivity contribution in [3.63, 3.8) is 0 Å². The largest absolute Gasteiger partial charge is 0.357 e. The Kier molecular flexibility index (Phi) is 3.73. The number of nitrogens with one attached hydrogen (secondary N) is 1. The van der Waals surface area contributed by atoms with Gasteiger partial charge in [-0.15, -0.1) is 0 Å². The van der Waals surface area contributed by atoms with Gasteiger partial charge >= 0.3 is 0 Å². The van der Waals surface area contributed by atoms with Crippen LogP contribution in [0.2, 0.25) is 5.02 Å². The Hall–Kier alpha value is -1.10. The maximum Gasteiger partial charge on any atom is 0.184 e. The lowest BCUT2D eigenvalue weighted by molar-refractivity contribution is 1.14. The molecule has 96 valence electrons. The minimum absolute atomic E-state index is 0.748. The van der Waals surface area contributed by atoms with Gasteiger partial charge in [0.15, 0.2) is 5.13 Å². The Morgan fingerprint density at radius 1 is 1.16 bits per heavy atom. The van der Waals surface area contributed by atoms with Gasteiger partial charge in [0.2, 0.25) is 0 Å². The van der Waals surface area contributed by atoms with Crippen molar-refractivity contribution < 1.29 is 0 Å². The molecule has 1 N–H and O–H groups in total. The molecule has 0 atom stereocenters. The van der Waals surface area contributed by atoms with E-state index in [2.05, 4.69) is 32.3 Å². The summed E-state index contributed by atoms with van der Waals surface area (Å²) in [5.41, 5.74) is 2.21. The normalized spacial score (nSPS) is 10.8. The van der Waals surface area contributed by atoms with E-state index in [1.807, 2.05) is 36.4 Å². The fourth-order valence-electron chi connectivity index (χ4n) is 1.75. The Morgan fingerprint density at radius 3 is 2.74 bits per heavy atom. The number of aromatic nitrogens is 1. The van der Waals surface area contributed by atoms with E-state index in [1.54, 1.807) is 11.3 Å². The minimum Gasteiger partial charge on any atom is -0.357 e. The number of anilines is 1. The number of rotatable bonds is 3. The standard InChI is InChI=1S/C14H10BrClN2S/c15-10-3-6-12-13(7-10)19-14(18-12)17-8-9-1-4-11(16)5-2-9/h1-7H,8H2,(H,17,18). The van der Waals surface area contributed by atoms with Crippen molar-refractivity contribution in [2.45, 2.75) is 6.54 Å². The average molecular weight is 354 g/mol. The van der Waals surface area contributed by atoms with Gasteiger partial charge in [0, 0.05) is 16.0 Å². The fourth-order valence-corrected chi connectivity index (χ4v) is 3.29. The van der Waals surface area contributed by atoms with Crippen LogP contribution in [-0.4, -0.2) is 4.98 Å². The quantitative estimate of drug-likeness (QED) is 0.689. The molecular weight excluding hydrogens is 344 g/mol. The summed E-state index contributed by atoms with van der Waals surface area (Å²) in [4.78, 5) is 4.55. The highest BCUT2D eigenvalue weighted by molar-refractivity contribution is 9.10. The molecule has 0 saturated heterocycles. The van der Waals surface area contributed by atoms with Gasteiger partial charge in [-0.2, -0.15) is 0 Å². The minimum atomic E-state index is 0.748. The average Bonchev–Trinajstić information content (AvgIpc) is 2.80. The zero-order valence-corrected chi connectivity index (χ0v) is 13.0. The molecule has 1 aromatic heterocycles. The highest BCUT2D eigenvalue weighted by atomic mass is 79.9. The molecule has 2 nitrogen and oxygen atoms in total. The second kappa shape index (κ2) is 5.49. The molecule has 0 amide bonds. The third-order valence-electron chi connectivity index (χ3n) is 2.71. The van der Waals surface area contributed by atoms with Crippen LogP contribution >= 0.6 is 38.9 Å². The van der Waals surface area contributed by atoms with E-state index < -0.39 is 0 Å². The molecule has 2 aromatic carbocycles. The van der Waals surface area contributed by atoms with Gasteiger partial charge in [0.1, 0.15) is 0 Å². The van der Waals surface area contributed by atoms with Crippen molar-refractivity contribution in [1.82, 2.24) is 4.98 Å². The SMILES string of the molecule is Clc1ccc(CNc2nc3ccc(Br)cc3s2)cc1. The van der Waals surface area contributed by atoms with E-state index in [9.17, 15) is 0 Å². The summed E-state index contributed by atoms with van der Waals surface area (Å²) in [6, 6.07) is 13.9. The topological polar surface area (TPSA) is 24.9 Å². The van der Waals surface area contributed by atoms with Crippen LogP contribution < -0.4 is 5.32 Å². The molecular formula is C14H10BrClN2S. The van der Waals surface area contributed by atoms with Crippen LogP contribution in [0.15, 0.2) is 46.9 Å². The molecule has 0 aliphatic carbocycles. The van der Waals surface area contributed by atoms with Crippen molar-refractivity contribution >= 4 is 54.2 Å². The number of hydrogen-bond donors (Lipinski definition) is 1.